The van der Waals surface area contributed by atoms with E-state index in [1.807, 2.05) is 124 Å². The summed E-state index contributed by atoms with van der Waals surface area (Å²) in [5.41, 5.74) is 7.54. The van der Waals surface area contributed by atoms with Gasteiger partial charge < -0.3 is 49.7 Å². The van der Waals surface area contributed by atoms with Gasteiger partial charge in [-0.3, -0.25) is 9.59 Å². The van der Waals surface area contributed by atoms with Crippen LogP contribution in [-0.2, 0) is 40.1 Å². The zero-order valence-electron chi connectivity index (χ0n) is 46.3. The number of ether oxygens (including phenoxy) is 3. The Labute approximate surface area is 480 Å². The average molecular weight is 1140 g/mol. The summed E-state index contributed by atoms with van der Waals surface area (Å²) in [6, 6.07) is 45.3. The van der Waals surface area contributed by atoms with E-state index in [2.05, 4.69) is 21.3 Å². The molecule has 0 bridgehead atoms. The van der Waals surface area contributed by atoms with E-state index in [0.29, 0.717) is 58.5 Å². The number of nitrogens with zero attached hydrogens (tertiary/aromatic N) is 2. The van der Waals surface area contributed by atoms with E-state index in [-0.39, 0.29) is 43.6 Å². The molecule has 4 amide bonds. The van der Waals surface area contributed by atoms with E-state index < -0.39 is 35.3 Å². The number of aromatic nitrogens is 2. The molecule has 5 N–H and O–H groups in total. The van der Waals surface area contributed by atoms with Gasteiger partial charge in [0.2, 0.25) is 0 Å². The van der Waals surface area contributed by atoms with Crippen molar-refractivity contribution in [2.24, 2.45) is 0 Å². The summed E-state index contributed by atoms with van der Waals surface area (Å²) in [5.74, 6) is -2.01. The third-order valence-corrected chi connectivity index (χ3v) is 13.0. The third kappa shape index (κ3) is 17.2. The molecule has 0 spiro atoms. The highest BCUT2D eigenvalue weighted by Gasteiger charge is 2.22. The lowest BCUT2D eigenvalue weighted by atomic mass is 9.99. The number of aromatic carboxylic acids is 1. The number of fused-ring (bicyclic) bond motifs is 2. The van der Waals surface area contributed by atoms with Crippen LogP contribution in [0.2, 0.25) is 10.0 Å². The van der Waals surface area contributed by atoms with Gasteiger partial charge in [-0.15, -0.1) is 0 Å². The lowest BCUT2D eigenvalue weighted by Gasteiger charge is -2.19. The Hall–Kier alpha value is -8.60. The van der Waals surface area contributed by atoms with Gasteiger partial charge in [0.25, 0.3) is 11.8 Å². The van der Waals surface area contributed by atoms with Crippen LogP contribution in [0.25, 0.3) is 21.8 Å². The molecular formula is C63H66Cl2N6O10. The number of alkyl carbamates (subject to hydrolysis) is 2. The molecule has 0 aliphatic carbocycles. The predicted molar refractivity (Wildman–Crippen MR) is 315 cm³/mol. The molecule has 16 nitrogen and oxygen atoms in total. The third-order valence-electron chi connectivity index (χ3n) is 12.5. The summed E-state index contributed by atoms with van der Waals surface area (Å²) >= 11 is 12.1. The maximum absolute atomic E-state index is 13.3. The van der Waals surface area contributed by atoms with Gasteiger partial charge in [0.05, 0.1) is 18.2 Å². The Morgan fingerprint density at radius 2 is 0.877 bits per heavy atom. The van der Waals surface area contributed by atoms with Gasteiger partial charge in [0, 0.05) is 71.1 Å². The second-order valence-corrected chi connectivity index (χ2v) is 22.0. The van der Waals surface area contributed by atoms with Crippen molar-refractivity contribution in [3.63, 3.8) is 0 Å². The average Bonchev–Trinajstić information content (AvgIpc) is 4.12. The predicted octanol–water partition coefficient (Wildman–Crippen LogP) is 11.9. The molecule has 8 rings (SSSR count). The molecule has 2 heterocycles. The molecule has 0 radical (unpaired) electrons. The maximum atomic E-state index is 13.3. The number of carboxylic acids is 1. The van der Waals surface area contributed by atoms with E-state index in [1.54, 1.807) is 65.8 Å². The molecule has 8 aromatic rings. The second kappa shape index (κ2) is 27.0. The summed E-state index contributed by atoms with van der Waals surface area (Å²) in [4.78, 5) is 74.5. The summed E-state index contributed by atoms with van der Waals surface area (Å²) < 4.78 is 19.3. The molecule has 0 atom stereocenters. The highest BCUT2D eigenvalue weighted by Crippen LogP contribution is 2.28. The van der Waals surface area contributed by atoms with Crippen LogP contribution >= 0.6 is 23.2 Å². The van der Waals surface area contributed by atoms with Gasteiger partial charge in [-0.2, -0.15) is 0 Å². The molecule has 0 saturated carbocycles. The smallest absolute Gasteiger partial charge is 0.407 e. The first-order valence-corrected chi connectivity index (χ1v) is 27.0. The van der Waals surface area contributed by atoms with E-state index in [1.165, 1.54) is 13.2 Å². The molecule has 0 aliphatic rings. The summed E-state index contributed by atoms with van der Waals surface area (Å²) in [7, 11) is 1.34. The number of rotatable bonds is 18. The Morgan fingerprint density at radius 3 is 1.27 bits per heavy atom. The first kappa shape index (κ1) is 60.0. The van der Waals surface area contributed by atoms with Gasteiger partial charge in [0.1, 0.15) is 22.6 Å². The fourth-order valence-corrected chi connectivity index (χ4v) is 9.29. The monoisotopic (exact) mass is 1140 g/mol. The number of carboxylic acid groups (broad SMARTS) is 1. The van der Waals surface area contributed by atoms with Gasteiger partial charge >= 0.3 is 24.1 Å². The number of carbonyl (C=O) groups is 6. The van der Waals surface area contributed by atoms with Crippen LogP contribution in [0.5, 0.6) is 0 Å². The Morgan fingerprint density at radius 1 is 0.481 bits per heavy atom. The quantitative estimate of drug-likeness (QED) is 0.0312. The van der Waals surface area contributed by atoms with Gasteiger partial charge in [0.15, 0.2) is 0 Å². The van der Waals surface area contributed by atoms with Crippen LogP contribution in [0, 0.1) is 0 Å². The van der Waals surface area contributed by atoms with Crippen LogP contribution in [0.3, 0.4) is 0 Å². The fraction of sp³-hybridized carbons (Fsp3) is 0.270. The zero-order chi connectivity index (χ0) is 58.4. The molecule has 422 valence electrons. The van der Waals surface area contributed by atoms with Crippen molar-refractivity contribution in [1.29, 1.82) is 0 Å². The number of hydrogen-bond donors (Lipinski definition) is 5. The van der Waals surface area contributed by atoms with E-state index in [0.717, 1.165) is 49.6 Å². The van der Waals surface area contributed by atoms with Crippen LogP contribution < -0.4 is 21.3 Å². The number of methoxy groups -OCH3 is 1. The minimum Gasteiger partial charge on any atom is -0.478 e. The largest absolute Gasteiger partial charge is 0.478 e. The molecule has 18 heteroatoms. The molecule has 0 saturated heterocycles. The first-order valence-electron chi connectivity index (χ1n) is 26.2. The summed E-state index contributed by atoms with van der Waals surface area (Å²) in [6.07, 6.45) is -0.192. The molecular weight excluding hydrogens is 1070 g/mol. The number of halogens is 2. The lowest BCUT2D eigenvalue weighted by molar-refractivity contribution is 0.0516. The normalized spacial score (nSPS) is 11.3. The van der Waals surface area contributed by atoms with E-state index in [9.17, 15) is 33.9 Å². The van der Waals surface area contributed by atoms with E-state index >= 15 is 0 Å². The van der Waals surface area contributed by atoms with Crippen LogP contribution in [0.4, 0.5) is 9.59 Å². The molecule has 0 aliphatic heterocycles. The standard InChI is InChI=1S/C32H34ClN3O5.C31H32ClN3O5/c1-32(2,3)41-31(39)35-15-14-34-29(37)28-18-24-17-22(16-23-11-12-25(33)19-26(23)30(38)40-4)10-13-27(24)36(28)20-21-8-6-5-7-9-21;1-31(2,3)40-30(39)34-14-13-33-28(36)27-17-23-16-21(15-22-10-11-24(32)18-25(22)29(37)38)9-12-26(23)35(27)19-20-7-5-4-6-8-20/h5-13,17-19H,14-16,20H2,1-4H3,(H,34,37)(H,35,39);4-12,16-18H,13-15,19H2,1-3H3,(H,33,36)(H,34,39)(H,37,38). The molecule has 0 unspecified atom stereocenters. The molecule has 6 aromatic carbocycles. The summed E-state index contributed by atoms with van der Waals surface area (Å²) in [6.45, 7) is 12.6. The van der Waals surface area contributed by atoms with Crippen molar-refractivity contribution >= 4 is 80.9 Å². The molecule has 81 heavy (non-hydrogen) atoms. The number of carbonyl (C=O) groups excluding carboxylic acids is 5. The molecule has 2 aromatic heterocycles. The minimum absolute atomic E-state index is 0.161. The number of nitrogens with one attached hydrogen (secondary N) is 4. The van der Waals surface area contributed by atoms with Crippen LogP contribution in [0.15, 0.2) is 146 Å². The van der Waals surface area contributed by atoms with Crippen molar-refractivity contribution in [1.82, 2.24) is 30.4 Å². The van der Waals surface area contributed by atoms with Gasteiger partial charge in [-0.05, 0) is 148 Å². The van der Waals surface area contributed by atoms with Crippen molar-refractivity contribution in [2.45, 2.75) is 78.7 Å². The number of hydrogen-bond acceptors (Lipinski definition) is 9. The lowest BCUT2D eigenvalue weighted by Crippen LogP contribution is -2.38. The highest BCUT2D eigenvalue weighted by molar-refractivity contribution is 6.31. The van der Waals surface area contributed by atoms with Crippen LogP contribution in [-0.4, -0.2) is 94.7 Å². The minimum atomic E-state index is -1.03. The Kier molecular flexibility index (Phi) is 20.0. The fourth-order valence-electron chi connectivity index (χ4n) is 8.94. The number of amides is 4. The van der Waals surface area contributed by atoms with Crippen molar-refractivity contribution < 1.29 is 48.1 Å². The zero-order valence-corrected chi connectivity index (χ0v) is 47.8. The maximum Gasteiger partial charge on any atom is 0.407 e. The van der Waals surface area contributed by atoms with Crippen molar-refractivity contribution in [3.8, 4) is 0 Å². The van der Waals surface area contributed by atoms with Crippen molar-refractivity contribution in [2.75, 3.05) is 33.3 Å². The second-order valence-electron chi connectivity index (χ2n) is 21.1. The Balaban J connectivity index is 0.000000234. The first-order chi connectivity index (χ1) is 38.5. The highest BCUT2D eigenvalue weighted by atomic mass is 35.5. The van der Waals surface area contributed by atoms with Crippen LogP contribution in [0.1, 0.15) is 117 Å². The Bertz CT molecular complexity index is 3570. The molecule has 0 fully saturated rings. The number of benzene rings is 6. The van der Waals surface area contributed by atoms with Crippen molar-refractivity contribution in [3.05, 3.63) is 212 Å². The van der Waals surface area contributed by atoms with Gasteiger partial charge in [-0.1, -0.05) is 108 Å². The number of esters is 1. The van der Waals surface area contributed by atoms with Gasteiger partial charge in [-0.25, -0.2) is 19.2 Å². The summed E-state index contributed by atoms with van der Waals surface area (Å²) in [5, 5.41) is 23.3. The van der Waals surface area contributed by atoms with E-state index in [4.69, 9.17) is 37.4 Å². The topological polar surface area (TPSA) is 208 Å². The SMILES string of the molecule is CC(C)(C)OC(=O)NCCNC(=O)c1cc2cc(Cc3ccc(Cl)cc3C(=O)O)ccc2n1Cc1ccccc1.COC(=O)c1cc(Cl)ccc1Cc1ccc2c(c1)cc(C(=O)NCCNC(=O)OC(C)(C)C)n2Cc1ccccc1.